The van der Waals surface area contributed by atoms with Crippen molar-refractivity contribution in [1.82, 2.24) is 20.1 Å². The van der Waals surface area contributed by atoms with E-state index in [9.17, 15) is 13.6 Å². The molecular formula is C26H33F2N6O+. The van der Waals surface area contributed by atoms with Crippen LogP contribution in [0.15, 0.2) is 47.8 Å². The van der Waals surface area contributed by atoms with Crippen molar-refractivity contribution in [2.45, 2.75) is 45.2 Å². The molecule has 9 heteroatoms. The minimum absolute atomic E-state index is 0.0572. The Morgan fingerprint density at radius 1 is 1.26 bits per heavy atom. The van der Waals surface area contributed by atoms with Crippen molar-refractivity contribution in [3.63, 3.8) is 0 Å². The first-order chi connectivity index (χ1) is 16.6. The van der Waals surface area contributed by atoms with Crippen LogP contribution in [0, 0.1) is 18.6 Å². The summed E-state index contributed by atoms with van der Waals surface area (Å²) in [6.07, 6.45) is 3.82. The Morgan fingerprint density at radius 2 is 2.00 bits per heavy atom. The lowest BCUT2D eigenvalue weighted by Crippen LogP contribution is -2.60. The SMILES string of the molecule is Cc1cc(C(=[NH2+])C2=C(N)CCN(C(=O)NC3(C)CCCN(Cc4c(F)cccc4F)C3)C2)ccn1. The number of aromatic nitrogens is 1. The molecule has 4 rings (SSSR count). The molecule has 0 radical (unpaired) electrons. The van der Waals surface area contributed by atoms with Crippen LogP contribution in [0.5, 0.6) is 0 Å². The number of nitrogens with two attached hydrogens (primary N) is 2. The van der Waals surface area contributed by atoms with Crippen LogP contribution < -0.4 is 16.5 Å². The number of hydrogen-bond acceptors (Lipinski definition) is 4. The molecule has 2 aromatic rings. The number of piperidine rings is 1. The molecule has 35 heavy (non-hydrogen) atoms. The Hall–Kier alpha value is -3.33. The summed E-state index contributed by atoms with van der Waals surface area (Å²) < 4.78 is 28.3. The second kappa shape index (κ2) is 10.1. The molecule has 1 fully saturated rings. The Kier molecular flexibility index (Phi) is 7.16. The van der Waals surface area contributed by atoms with Crippen molar-refractivity contribution in [2.75, 3.05) is 26.2 Å². The smallest absolute Gasteiger partial charge is 0.318 e. The number of amides is 2. The highest BCUT2D eigenvalue weighted by Gasteiger charge is 2.35. The number of nitrogens with one attached hydrogen (secondary N) is 1. The minimum Gasteiger partial charge on any atom is -0.402 e. The van der Waals surface area contributed by atoms with E-state index in [1.807, 2.05) is 30.9 Å². The van der Waals surface area contributed by atoms with Crippen LogP contribution in [0.2, 0.25) is 0 Å². The molecule has 1 atom stereocenters. The van der Waals surface area contributed by atoms with E-state index in [4.69, 9.17) is 11.1 Å². The molecule has 1 unspecified atom stereocenters. The summed E-state index contributed by atoms with van der Waals surface area (Å²) in [5, 5.41) is 9.61. The number of aryl methyl sites for hydroxylation is 1. The molecule has 0 saturated carbocycles. The third kappa shape index (κ3) is 5.67. The first kappa shape index (κ1) is 24.8. The first-order valence-electron chi connectivity index (χ1n) is 11.9. The molecule has 7 nitrogen and oxygen atoms in total. The van der Waals surface area contributed by atoms with Gasteiger partial charge in [0, 0.05) is 54.8 Å². The van der Waals surface area contributed by atoms with Gasteiger partial charge in [0.15, 0.2) is 0 Å². The number of urea groups is 1. The molecule has 2 amide bonds. The molecule has 186 valence electrons. The van der Waals surface area contributed by atoms with Crippen LogP contribution in [0.1, 0.15) is 43.0 Å². The quantitative estimate of drug-likeness (QED) is 0.566. The predicted molar refractivity (Wildman–Crippen MR) is 130 cm³/mol. The number of rotatable bonds is 5. The highest BCUT2D eigenvalue weighted by molar-refractivity contribution is 6.09. The minimum atomic E-state index is -0.551. The Balaban J connectivity index is 1.42. The van der Waals surface area contributed by atoms with Gasteiger partial charge in [0.25, 0.3) is 0 Å². The lowest BCUT2D eigenvalue weighted by atomic mass is 9.90. The molecular weight excluding hydrogens is 450 g/mol. The van der Waals surface area contributed by atoms with E-state index in [-0.39, 0.29) is 18.1 Å². The van der Waals surface area contributed by atoms with Crippen molar-refractivity contribution < 1.29 is 19.0 Å². The van der Waals surface area contributed by atoms with Gasteiger partial charge in [0.1, 0.15) is 11.6 Å². The largest absolute Gasteiger partial charge is 0.402 e. The fourth-order valence-corrected chi connectivity index (χ4v) is 4.92. The number of benzene rings is 1. The fourth-order valence-electron chi connectivity index (χ4n) is 4.92. The summed E-state index contributed by atoms with van der Waals surface area (Å²) in [6.45, 7) is 6.04. The molecule has 1 saturated heterocycles. The maximum absolute atomic E-state index is 14.2. The van der Waals surface area contributed by atoms with E-state index in [0.717, 1.165) is 29.7 Å². The van der Waals surface area contributed by atoms with Gasteiger partial charge in [-0.15, -0.1) is 0 Å². The van der Waals surface area contributed by atoms with Gasteiger partial charge in [-0.1, -0.05) is 6.07 Å². The third-order valence-electron chi connectivity index (χ3n) is 6.84. The highest BCUT2D eigenvalue weighted by atomic mass is 19.1. The molecule has 0 aliphatic carbocycles. The van der Waals surface area contributed by atoms with Crippen LogP contribution in [-0.4, -0.2) is 58.2 Å². The summed E-state index contributed by atoms with van der Waals surface area (Å²) in [5.41, 5.74) is 9.47. The summed E-state index contributed by atoms with van der Waals surface area (Å²) >= 11 is 0. The van der Waals surface area contributed by atoms with E-state index in [1.54, 1.807) is 11.1 Å². The Bertz CT molecular complexity index is 1150. The van der Waals surface area contributed by atoms with E-state index < -0.39 is 17.2 Å². The number of likely N-dealkylation sites (tertiary alicyclic amines) is 1. The van der Waals surface area contributed by atoms with E-state index >= 15 is 0 Å². The van der Waals surface area contributed by atoms with Crippen LogP contribution in [-0.2, 0) is 6.54 Å². The topological polar surface area (TPSA) is 100 Å². The summed E-state index contributed by atoms with van der Waals surface area (Å²) in [5.74, 6) is -1.10. The summed E-state index contributed by atoms with van der Waals surface area (Å²) in [6, 6.07) is 7.43. The van der Waals surface area contributed by atoms with Crippen molar-refractivity contribution in [1.29, 1.82) is 0 Å². The number of pyridine rings is 1. The van der Waals surface area contributed by atoms with Gasteiger partial charge in [-0.05, 0) is 57.5 Å². The van der Waals surface area contributed by atoms with E-state index in [1.165, 1.54) is 18.2 Å². The fraction of sp³-hybridized carbons (Fsp3) is 0.423. The Labute approximate surface area is 204 Å². The number of nitrogens with zero attached hydrogens (tertiary/aromatic N) is 3. The second-order valence-corrected chi connectivity index (χ2v) is 9.78. The van der Waals surface area contributed by atoms with Crippen LogP contribution in [0.4, 0.5) is 13.6 Å². The maximum atomic E-state index is 14.2. The number of hydrogen-bond donors (Lipinski definition) is 3. The van der Waals surface area contributed by atoms with Crippen molar-refractivity contribution >= 4 is 11.7 Å². The van der Waals surface area contributed by atoms with Crippen LogP contribution in [0.25, 0.3) is 0 Å². The van der Waals surface area contributed by atoms with Crippen LogP contribution in [0.3, 0.4) is 0 Å². The molecule has 0 bridgehead atoms. The van der Waals surface area contributed by atoms with Gasteiger partial charge in [0.2, 0.25) is 5.71 Å². The molecule has 2 aliphatic heterocycles. The first-order valence-corrected chi connectivity index (χ1v) is 11.9. The van der Waals surface area contributed by atoms with E-state index in [0.29, 0.717) is 44.0 Å². The number of halogens is 2. The predicted octanol–water partition coefficient (Wildman–Crippen LogP) is 1.90. The van der Waals surface area contributed by atoms with Crippen molar-refractivity contribution in [3.8, 4) is 0 Å². The lowest BCUT2D eigenvalue weighted by Gasteiger charge is -2.42. The zero-order valence-corrected chi connectivity index (χ0v) is 20.3. The van der Waals surface area contributed by atoms with Crippen molar-refractivity contribution in [3.05, 3.63) is 76.3 Å². The van der Waals surface area contributed by atoms with Crippen LogP contribution >= 0.6 is 0 Å². The Morgan fingerprint density at radius 3 is 2.71 bits per heavy atom. The maximum Gasteiger partial charge on any atom is 0.318 e. The molecule has 2 aliphatic rings. The normalized spacial score (nSPS) is 21.2. The standard InChI is InChI=1S/C26H32F2N6O/c1-17-13-18(7-10-31-17)24(30)20-15-34(12-8-23(20)29)25(35)32-26(2)9-4-11-33(16-26)14-19-21(27)5-3-6-22(19)28/h3,5-7,10,13,30H,4,8-9,11-12,14-16,29H2,1-2H3,(H,32,35)/p+1. The molecule has 1 aromatic heterocycles. The van der Waals surface area contributed by atoms with Gasteiger partial charge < -0.3 is 16.0 Å². The zero-order chi connectivity index (χ0) is 25.2. The molecule has 3 heterocycles. The average molecular weight is 484 g/mol. The van der Waals surface area contributed by atoms with Crippen molar-refractivity contribution in [2.24, 2.45) is 5.73 Å². The van der Waals surface area contributed by atoms with Gasteiger partial charge in [-0.2, -0.15) is 0 Å². The second-order valence-electron chi connectivity index (χ2n) is 9.78. The molecule has 5 N–H and O–H groups in total. The third-order valence-corrected chi connectivity index (χ3v) is 6.84. The van der Waals surface area contributed by atoms with Gasteiger partial charge in [-0.25, -0.2) is 13.6 Å². The van der Waals surface area contributed by atoms with Gasteiger partial charge in [0.05, 0.1) is 17.7 Å². The van der Waals surface area contributed by atoms with E-state index in [2.05, 4.69) is 10.3 Å². The monoisotopic (exact) mass is 483 g/mol. The lowest BCUT2D eigenvalue weighted by molar-refractivity contribution is -0.112. The summed E-state index contributed by atoms with van der Waals surface area (Å²) in [4.78, 5) is 21.2. The molecule has 0 spiro atoms. The summed E-state index contributed by atoms with van der Waals surface area (Å²) in [7, 11) is 0. The number of carbonyl (C=O) groups excluding carboxylic acids is 1. The average Bonchev–Trinajstić information content (AvgIpc) is 2.81. The number of carbonyl (C=O) groups is 1. The van der Waals surface area contributed by atoms with Gasteiger partial charge in [-0.3, -0.25) is 15.3 Å². The van der Waals surface area contributed by atoms with Gasteiger partial charge >= 0.3 is 6.03 Å². The zero-order valence-electron chi connectivity index (χ0n) is 20.3. The molecule has 1 aromatic carbocycles. The highest BCUT2D eigenvalue weighted by Crippen LogP contribution is 2.25.